The Balaban J connectivity index is 1.91. The first-order chi connectivity index (χ1) is 5.33. The van der Waals surface area contributed by atoms with Crippen molar-refractivity contribution in [2.24, 2.45) is 0 Å². The van der Waals surface area contributed by atoms with E-state index in [1.165, 1.54) is 0 Å². The third-order valence-electron chi connectivity index (χ3n) is 2.62. The van der Waals surface area contributed by atoms with Gasteiger partial charge < -0.3 is 14.2 Å². The van der Waals surface area contributed by atoms with Crippen LogP contribution in [0.2, 0.25) is 0 Å². The van der Waals surface area contributed by atoms with E-state index in [4.69, 9.17) is 14.2 Å². The molecule has 0 amide bonds. The monoisotopic (exact) mass is 174 g/mol. The zero-order valence-corrected chi connectivity index (χ0v) is 7.29. The third kappa shape index (κ3) is 0.888. The Bertz CT molecular complexity index is 157. The van der Waals surface area contributed by atoms with Crippen LogP contribution in [0.4, 0.5) is 0 Å². The topological polar surface area (TPSA) is 27.7 Å². The minimum absolute atomic E-state index is 0.0502. The fourth-order valence-corrected chi connectivity index (χ4v) is 3.99. The number of ether oxygens (including phenoxy) is 3. The van der Waals surface area contributed by atoms with Crippen LogP contribution in [0.25, 0.3) is 0 Å². The molecule has 4 heterocycles. The van der Waals surface area contributed by atoms with Gasteiger partial charge in [0, 0.05) is 12.8 Å². The summed E-state index contributed by atoms with van der Waals surface area (Å²) >= 11 is 0. The second-order valence-electron chi connectivity index (χ2n) is 3.31. The van der Waals surface area contributed by atoms with Crippen molar-refractivity contribution in [1.29, 1.82) is 0 Å². The average Bonchev–Trinajstić information content (AvgIpc) is 1.98. The molecule has 4 unspecified atom stereocenters. The summed E-state index contributed by atoms with van der Waals surface area (Å²) in [5.74, 6) is 0.919. The highest BCUT2D eigenvalue weighted by Crippen LogP contribution is 2.58. The molecule has 0 spiro atoms. The fraction of sp³-hybridized carbons (Fsp3) is 1.00. The molecule has 0 saturated carbocycles. The number of hydrogen-bond donors (Lipinski definition) is 0. The van der Waals surface area contributed by atoms with Gasteiger partial charge in [0.2, 0.25) is 0 Å². The maximum Gasteiger partial charge on any atom is 0.164 e. The number of hydrogen-bond acceptors (Lipinski definition) is 3. The highest BCUT2D eigenvalue weighted by molar-refractivity contribution is 7.58. The molecule has 0 radical (unpaired) electrons. The van der Waals surface area contributed by atoms with Crippen LogP contribution in [0.1, 0.15) is 12.8 Å². The molecule has 4 heteroatoms. The first kappa shape index (κ1) is 6.79. The average molecular weight is 174 g/mol. The van der Waals surface area contributed by atoms with E-state index < -0.39 is 0 Å². The largest absolute Gasteiger partial charge is 0.344 e. The van der Waals surface area contributed by atoms with E-state index in [9.17, 15) is 0 Å². The summed E-state index contributed by atoms with van der Waals surface area (Å²) in [6.45, 7) is 2.27. The van der Waals surface area contributed by atoms with E-state index >= 15 is 0 Å². The lowest BCUT2D eigenvalue weighted by molar-refractivity contribution is -0.346. The summed E-state index contributed by atoms with van der Waals surface area (Å²) in [4.78, 5) is 0. The second-order valence-corrected chi connectivity index (χ2v) is 5.80. The van der Waals surface area contributed by atoms with Crippen LogP contribution in [0.5, 0.6) is 0 Å². The van der Waals surface area contributed by atoms with Gasteiger partial charge in [-0.15, -0.1) is 0 Å². The van der Waals surface area contributed by atoms with Crippen molar-refractivity contribution >= 4 is 7.92 Å². The molecule has 4 aliphatic heterocycles. The van der Waals surface area contributed by atoms with Crippen molar-refractivity contribution in [1.82, 2.24) is 0 Å². The van der Waals surface area contributed by atoms with E-state index in [-0.39, 0.29) is 20.5 Å². The fourth-order valence-electron chi connectivity index (χ4n) is 1.96. The van der Waals surface area contributed by atoms with Gasteiger partial charge in [0.25, 0.3) is 0 Å². The molecule has 0 aromatic heterocycles. The van der Waals surface area contributed by atoms with Crippen molar-refractivity contribution in [2.45, 2.75) is 37.1 Å². The zero-order valence-electron chi connectivity index (χ0n) is 6.40. The summed E-state index contributed by atoms with van der Waals surface area (Å²) in [7, 11) is -0.0502. The van der Waals surface area contributed by atoms with Crippen molar-refractivity contribution in [2.75, 3.05) is 6.66 Å². The van der Waals surface area contributed by atoms with E-state index in [0.717, 1.165) is 12.8 Å². The van der Waals surface area contributed by atoms with Crippen LogP contribution in [0, 0.1) is 0 Å². The van der Waals surface area contributed by atoms with Crippen LogP contribution in [0.3, 0.4) is 0 Å². The molecule has 4 rings (SSSR count). The summed E-state index contributed by atoms with van der Waals surface area (Å²) in [6, 6.07) is 0. The molecule has 62 valence electrons. The molecule has 0 aromatic rings. The maximum absolute atomic E-state index is 5.66. The molecule has 3 nitrogen and oxygen atoms in total. The Morgan fingerprint density at radius 3 is 2.09 bits per heavy atom. The molecule has 0 aromatic carbocycles. The molecule has 4 bridgehead atoms. The molecule has 0 aliphatic carbocycles. The molecule has 0 N–H and O–H groups in total. The summed E-state index contributed by atoms with van der Waals surface area (Å²) < 4.78 is 16.8. The Labute approximate surface area is 66.8 Å². The molecule has 4 saturated heterocycles. The number of rotatable bonds is 0. The summed E-state index contributed by atoms with van der Waals surface area (Å²) in [6.07, 6.45) is 2.01. The van der Waals surface area contributed by atoms with Crippen molar-refractivity contribution in [3.63, 3.8) is 0 Å². The van der Waals surface area contributed by atoms with Crippen LogP contribution in [0.15, 0.2) is 0 Å². The van der Waals surface area contributed by atoms with Gasteiger partial charge in [0.1, 0.15) is 0 Å². The highest BCUT2D eigenvalue weighted by Gasteiger charge is 2.49. The zero-order chi connectivity index (χ0) is 7.42. The van der Waals surface area contributed by atoms with E-state index in [2.05, 4.69) is 6.66 Å². The van der Waals surface area contributed by atoms with Crippen molar-refractivity contribution < 1.29 is 14.2 Å². The molecule has 11 heavy (non-hydrogen) atoms. The highest BCUT2D eigenvalue weighted by atomic mass is 31.1. The first-order valence-electron chi connectivity index (χ1n) is 4.01. The first-order valence-corrected chi connectivity index (χ1v) is 5.94. The Kier molecular flexibility index (Phi) is 1.34. The minimum Gasteiger partial charge on any atom is -0.344 e. The Morgan fingerprint density at radius 1 is 1.00 bits per heavy atom. The summed E-state index contributed by atoms with van der Waals surface area (Å²) in [5.41, 5.74) is 0. The minimum atomic E-state index is -0.0502. The van der Waals surface area contributed by atoms with Crippen molar-refractivity contribution in [3.05, 3.63) is 0 Å². The standard InChI is InChI=1S/C7H11O3P/c1-11-6-2-4-8-5(10-6)3-7(11)9-4/h4-7H,2-3H2,1H3. The van der Waals surface area contributed by atoms with Crippen LogP contribution < -0.4 is 0 Å². The smallest absolute Gasteiger partial charge is 0.164 e. The predicted molar refractivity (Wildman–Crippen MR) is 40.5 cm³/mol. The second kappa shape index (κ2) is 2.17. The van der Waals surface area contributed by atoms with Crippen LogP contribution >= 0.6 is 7.92 Å². The van der Waals surface area contributed by atoms with Crippen molar-refractivity contribution in [3.8, 4) is 0 Å². The maximum atomic E-state index is 5.66. The lowest BCUT2D eigenvalue weighted by Crippen LogP contribution is -2.52. The van der Waals surface area contributed by atoms with Gasteiger partial charge in [-0.05, 0) is 14.6 Å². The van der Waals surface area contributed by atoms with Gasteiger partial charge in [0.05, 0.1) is 11.7 Å². The van der Waals surface area contributed by atoms with Gasteiger partial charge in [-0.25, -0.2) is 0 Å². The predicted octanol–water partition coefficient (Wildman–Crippen LogP) is 1.27. The van der Waals surface area contributed by atoms with Gasteiger partial charge in [-0.2, -0.15) is 0 Å². The quantitative estimate of drug-likeness (QED) is 0.517. The molecular formula is C7H11O3P. The molecule has 4 atom stereocenters. The SMILES string of the molecule is CP1C2CC3OC(CC1O3)O2. The van der Waals surface area contributed by atoms with Crippen LogP contribution in [-0.2, 0) is 14.2 Å². The van der Waals surface area contributed by atoms with Gasteiger partial charge >= 0.3 is 0 Å². The molecule has 4 fully saturated rings. The summed E-state index contributed by atoms with van der Waals surface area (Å²) in [5, 5.41) is 0. The van der Waals surface area contributed by atoms with Gasteiger partial charge in [0.15, 0.2) is 12.6 Å². The molecular weight excluding hydrogens is 163 g/mol. The van der Waals surface area contributed by atoms with Gasteiger partial charge in [-0.3, -0.25) is 0 Å². The normalized spacial score (nSPS) is 60.3. The van der Waals surface area contributed by atoms with E-state index in [1.54, 1.807) is 0 Å². The Hall–Kier alpha value is 0.310. The molecule has 4 aliphatic rings. The Morgan fingerprint density at radius 2 is 1.55 bits per heavy atom. The lowest BCUT2D eigenvalue weighted by atomic mass is 10.3. The lowest BCUT2D eigenvalue weighted by Gasteiger charge is -2.52. The van der Waals surface area contributed by atoms with Gasteiger partial charge in [-0.1, -0.05) is 0 Å². The third-order valence-corrected chi connectivity index (χ3v) is 5.10. The van der Waals surface area contributed by atoms with E-state index in [1.807, 2.05) is 0 Å². The van der Waals surface area contributed by atoms with Crippen LogP contribution in [-0.4, -0.2) is 30.9 Å². The van der Waals surface area contributed by atoms with E-state index in [0.29, 0.717) is 11.7 Å².